The van der Waals surface area contributed by atoms with E-state index in [1.54, 1.807) is 0 Å². The lowest BCUT2D eigenvalue weighted by atomic mass is 10.2. The molecule has 4 heteroatoms. The van der Waals surface area contributed by atoms with Gasteiger partial charge in [0, 0.05) is 12.1 Å². The zero-order valence-electron chi connectivity index (χ0n) is 12.5. The highest BCUT2D eigenvalue weighted by Crippen LogP contribution is 2.17. The third-order valence-electron chi connectivity index (χ3n) is 2.98. The van der Waals surface area contributed by atoms with Gasteiger partial charge in [-0.3, -0.25) is 0 Å². The molecule has 1 N–H and O–H groups in total. The number of pyridine rings is 1. The van der Waals surface area contributed by atoms with E-state index >= 15 is 0 Å². The van der Waals surface area contributed by atoms with Crippen LogP contribution in [0.15, 0.2) is 42.6 Å². The van der Waals surface area contributed by atoms with Gasteiger partial charge in [0.2, 0.25) is 5.88 Å². The molecule has 1 aromatic heterocycles. The van der Waals surface area contributed by atoms with Crippen molar-refractivity contribution in [2.75, 3.05) is 6.54 Å². The van der Waals surface area contributed by atoms with Gasteiger partial charge in [0.15, 0.2) is 0 Å². The van der Waals surface area contributed by atoms with Gasteiger partial charge in [-0.25, -0.2) is 9.37 Å². The number of hydrogen-bond acceptors (Lipinski definition) is 3. The van der Waals surface area contributed by atoms with Crippen molar-refractivity contribution in [3.05, 3.63) is 59.5 Å². The zero-order chi connectivity index (χ0) is 15.1. The van der Waals surface area contributed by atoms with E-state index in [9.17, 15) is 4.39 Å². The Bertz CT molecular complexity index is 558. The molecule has 0 atom stereocenters. The van der Waals surface area contributed by atoms with E-state index in [1.807, 2.05) is 30.3 Å². The van der Waals surface area contributed by atoms with Crippen molar-refractivity contribution in [2.45, 2.75) is 27.0 Å². The van der Waals surface area contributed by atoms with Crippen LogP contribution in [0, 0.1) is 11.7 Å². The largest absolute Gasteiger partial charge is 0.473 e. The predicted molar refractivity (Wildman–Crippen MR) is 81.5 cm³/mol. The van der Waals surface area contributed by atoms with Crippen molar-refractivity contribution in [3.8, 4) is 5.88 Å². The van der Waals surface area contributed by atoms with Crippen molar-refractivity contribution in [1.82, 2.24) is 10.3 Å². The third-order valence-corrected chi connectivity index (χ3v) is 2.98. The number of halogens is 1. The standard InChI is InChI=1S/C17H21FN2O/c1-13(2)9-19-10-15-8-16(18)11-20-17(15)21-12-14-6-4-3-5-7-14/h3-8,11,13,19H,9-10,12H2,1-2H3. The van der Waals surface area contributed by atoms with Crippen LogP contribution < -0.4 is 10.1 Å². The number of benzene rings is 1. The first-order chi connectivity index (χ1) is 10.1. The monoisotopic (exact) mass is 288 g/mol. The fraction of sp³-hybridized carbons (Fsp3) is 0.353. The summed E-state index contributed by atoms with van der Waals surface area (Å²) in [5, 5.41) is 3.28. The van der Waals surface area contributed by atoms with Gasteiger partial charge in [0.1, 0.15) is 12.4 Å². The lowest BCUT2D eigenvalue weighted by Gasteiger charge is -2.12. The second-order valence-corrected chi connectivity index (χ2v) is 5.42. The Hall–Kier alpha value is -1.94. The number of hydrogen-bond donors (Lipinski definition) is 1. The Kier molecular flexibility index (Phi) is 5.69. The van der Waals surface area contributed by atoms with E-state index in [0.29, 0.717) is 24.9 Å². The Balaban J connectivity index is 2.00. The lowest BCUT2D eigenvalue weighted by Crippen LogP contribution is -2.19. The van der Waals surface area contributed by atoms with Crippen LogP contribution >= 0.6 is 0 Å². The molecular weight excluding hydrogens is 267 g/mol. The van der Waals surface area contributed by atoms with Gasteiger partial charge in [-0.1, -0.05) is 44.2 Å². The van der Waals surface area contributed by atoms with Crippen LogP contribution in [0.3, 0.4) is 0 Å². The molecule has 0 aliphatic heterocycles. The minimum Gasteiger partial charge on any atom is -0.473 e. The maximum Gasteiger partial charge on any atom is 0.218 e. The number of nitrogens with one attached hydrogen (secondary N) is 1. The molecule has 1 aromatic carbocycles. The Morgan fingerprint density at radius 3 is 2.71 bits per heavy atom. The average Bonchev–Trinajstić information content (AvgIpc) is 2.47. The highest BCUT2D eigenvalue weighted by molar-refractivity contribution is 5.26. The summed E-state index contributed by atoms with van der Waals surface area (Å²) in [4.78, 5) is 4.05. The van der Waals surface area contributed by atoms with Gasteiger partial charge in [-0.05, 0) is 24.1 Å². The topological polar surface area (TPSA) is 34.2 Å². The predicted octanol–water partition coefficient (Wildman–Crippen LogP) is 3.55. The molecule has 0 unspecified atom stereocenters. The summed E-state index contributed by atoms with van der Waals surface area (Å²) in [6, 6.07) is 11.3. The average molecular weight is 288 g/mol. The molecule has 0 aliphatic rings. The molecule has 0 aliphatic carbocycles. The lowest BCUT2D eigenvalue weighted by molar-refractivity contribution is 0.288. The molecule has 0 radical (unpaired) electrons. The molecule has 0 saturated heterocycles. The van der Waals surface area contributed by atoms with E-state index < -0.39 is 0 Å². The van der Waals surface area contributed by atoms with Gasteiger partial charge in [0.25, 0.3) is 0 Å². The van der Waals surface area contributed by atoms with E-state index in [2.05, 4.69) is 24.1 Å². The second-order valence-electron chi connectivity index (χ2n) is 5.42. The van der Waals surface area contributed by atoms with Crippen molar-refractivity contribution in [3.63, 3.8) is 0 Å². The molecule has 2 rings (SSSR count). The number of aromatic nitrogens is 1. The minimum atomic E-state index is -0.344. The molecule has 0 bridgehead atoms. The normalized spacial score (nSPS) is 10.9. The Labute approximate surface area is 125 Å². The van der Waals surface area contributed by atoms with Crippen LogP contribution in [0.25, 0.3) is 0 Å². The maximum atomic E-state index is 13.4. The summed E-state index contributed by atoms with van der Waals surface area (Å²) in [5.74, 6) is 0.681. The van der Waals surface area contributed by atoms with Gasteiger partial charge in [-0.15, -0.1) is 0 Å². The van der Waals surface area contributed by atoms with Gasteiger partial charge in [0.05, 0.1) is 6.20 Å². The van der Waals surface area contributed by atoms with Crippen LogP contribution in [0.4, 0.5) is 4.39 Å². The molecule has 3 nitrogen and oxygen atoms in total. The summed E-state index contributed by atoms with van der Waals surface area (Å²) in [7, 11) is 0. The summed E-state index contributed by atoms with van der Waals surface area (Å²) in [6.07, 6.45) is 1.19. The molecule has 1 heterocycles. The maximum absolute atomic E-state index is 13.4. The van der Waals surface area contributed by atoms with Crippen LogP contribution in [-0.4, -0.2) is 11.5 Å². The van der Waals surface area contributed by atoms with Gasteiger partial charge in [-0.2, -0.15) is 0 Å². The van der Waals surface area contributed by atoms with E-state index in [-0.39, 0.29) is 5.82 Å². The fourth-order valence-electron chi connectivity index (χ4n) is 1.95. The molecule has 21 heavy (non-hydrogen) atoms. The number of nitrogens with zero attached hydrogens (tertiary/aromatic N) is 1. The SMILES string of the molecule is CC(C)CNCc1cc(F)cnc1OCc1ccccc1. The third kappa shape index (κ3) is 5.16. The van der Waals surface area contributed by atoms with Crippen LogP contribution in [-0.2, 0) is 13.2 Å². The smallest absolute Gasteiger partial charge is 0.218 e. The summed E-state index contributed by atoms with van der Waals surface area (Å²) < 4.78 is 19.1. The second kappa shape index (κ2) is 7.74. The zero-order valence-corrected chi connectivity index (χ0v) is 12.5. The van der Waals surface area contributed by atoms with E-state index in [1.165, 1.54) is 12.3 Å². The molecule has 0 fully saturated rings. The fourth-order valence-corrected chi connectivity index (χ4v) is 1.95. The first-order valence-corrected chi connectivity index (χ1v) is 7.17. The summed E-state index contributed by atoms with van der Waals surface area (Å²) >= 11 is 0. The van der Waals surface area contributed by atoms with Crippen LogP contribution in [0.1, 0.15) is 25.0 Å². The molecular formula is C17H21FN2O. The van der Waals surface area contributed by atoms with Crippen LogP contribution in [0.5, 0.6) is 5.88 Å². The highest BCUT2D eigenvalue weighted by Gasteiger charge is 2.08. The molecule has 2 aromatic rings. The first kappa shape index (κ1) is 15.4. The van der Waals surface area contributed by atoms with E-state index in [0.717, 1.165) is 17.7 Å². The summed E-state index contributed by atoms with van der Waals surface area (Å²) in [6.45, 7) is 6.10. The number of rotatable bonds is 7. The Morgan fingerprint density at radius 2 is 2.00 bits per heavy atom. The van der Waals surface area contributed by atoms with Crippen molar-refractivity contribution >= 4 is 0 Å². The van der Waals surface area contributed by atoms with Crippen LogP contribution in [0.2, 0.25) is 0 Å². The van der Waals surface area contributed by atoms with E-state index in [4.69, 9.17) is 4.74 Å². The number of ether oxygens (including phenoxy) is 1. The van der Waals surface area contributed by atoms with Gasteiger partial charge >= 0.3 is 0 Å². The quantitative estimate of drug-likeness (QED) is 0.846. The molecule has 0 spiro atoms. The first-order valence-electron chi connectivity index (χ1n) is 7.17. The molecule has 0 amide bonds. The minimum absolute atomic E-state index is 0.344. The van der Waals surface area contributed by atoms with Crippen molar-refractivity contribution in [1.29, 1.82) is 0 Å². The Morgan fingerprint density at radius 1 is 1.24 bits per heavy atom. The molecule has 0 saturated carbocycles. The summed E-state index contributed by atoms with van der Waals surface area (Å²) in [5.41, 5.74) is 1.80. The van der Waals surface area contributed by atoms with Gasteiger partial charge < -0.3 is 10.1 Å². The van der Waals surface area contributed by atoms with Crippen molar-refractivity contribution < 1.29 is 9.13 Å². The molecule has 112 valence electrons. The highest BCUT2D eigenvalue weighted by atomic mass is 19.1. The van der Waals surface area contributed by atoms with Crippen molar-refractivity contribution in [2.24, 2.45) is 5.92 Å².